The van der Waals surface area contributed by atoms with Gasteiger partial charge in [0, 0.05) is 11.1 Å². The van der Waals surface area contributed by atoms with Gasteiger partial charge in [-0.15, -0.1) is 0 Å². The summed E-state index contributed by atoms with van der Waals surface area (Å²) >= 11 is 0. The lowest BCUT2D eigenvalue weighted by molar-refractivity contribution is -0.146. The third-order valence-corrected chi connectivity index (χ3v) is 5.28. The first-order chi connectivity index (χ1) is 19.5. The van der Waals surface area contributed by atoms with Crippen LogP contribution >= 0.6 is 0 Å². The summed E-state index contributed by atoms with van der Waals surface area (Å²) in [6, 6.07) is 16.8. The summed E-state index contributed by atoms with van der Waals surface area (Å²) in [5.74, 6) is -1.03. The van der Waals surface area contributed by atoms with E-state index < -0.39 is 23.9 Å². The van der Waals surface area contributed by atoms with Gasteiger partial charge in [-0.25, -0.2) is 19.2 Å². The molecule has 0 heterocycles. The summed E-state index contributed by atoms with van der Waals surface area (Å²) in [6.45, 7) is 11.1. The third kappa shape index (κ3) is 12.8. The van der Waals surface area contributed by atoms with Gasteiger partial charge in [0.1, 0.15) is 23.0 Å². The molecule has 3 aromatic carbocycles. The number of aryl methyl sites for hydroxylation is 1. The van der Waals surface area contributed by atoms with Crippen molar-refractivity contribution in [2.24, 2.45) is 0 Å². The topological polar surface area (TPSA) is 124 Å². The number of hydrogen-bond acceptors (Lipinski definition) is 10. The van der Waals surface area contributed by atoms with E-state index >= 15 is 0 Å². The van der Waals surface area contributed by atoms with Gasteiger partial charge in [-0.3, -0.25) is 0 Å². The number of carbonyl (C=O) groups is 4. The Bertz CT molecular complexity index is 1450. The predicted octanol–water partition coefficient (Wildman–Crippen LogP) is 7.89. The van der Waals surface area contributed by atoms with Crippen molar-refractivity contribution in [3.63, 3.8) is 0 Å². The first-order valence-electron chi connectivity index (χ1n) is 12.2. The number of ether oxygens (including phenoxy) is 6. The zero-order valence-corrected chi connectivity index (χ0v) is 22.8. The van der Waals surface area contributed by atoms with E-state index in [1.165, 1.54) is 62.4 Å². The van der Waals surface area contributed by atoms with Gasteiger partial charge in [0.05, 0.1) is 11.1 Å². The average molecular weight is 625 g/mol. The molecule has 3 aromatic rings. The maximum atomic E-state index is 12.7. The van der Waals surface area contributed by atoms with E-state index in [2.05, 4.69) is 13.2 Å². The van der Waals surface area contributed by atoms with Crippen LogP contribution in [0.15, 0.2) is 91.0 Å². The fraction of sp³-hybridized carbons (Fsp3) is 0.257. The fourth-order valence-electron chi connectivity index (χ4n) is 3.10. The highest BCUT2D eigenvalue weighted by atomic mass is 16.7. The Labute approximate surface area is 266 Å². The Morgan fingerprint density at radius 3 is 1.42 bits per heavy atom. The van der Waals surface area contributed by atoms with Crippen LogP contribution in [0.2, 0.25) is 0 Å². The van der Waals surface area contributed by atoms with Gasteiger partial charge < -0.3 is 28.4 Å². The van der Waals surface area contributed by atoms with Crippen LogP contribution in [-0.4, -0.2) is 37.5 Å². The molecule has 0 aliphatic carbocycles. The van der Waals surface area contributed by atoms with Crippen LogP contribution < -0.4 is 18.9 Å². The van der Waals surface area contributed by atoms with Crippen molar-refractivity contribution in [2.75, 3.05) is 13.6 Å². The molecule has 244 valence electrons. The smallest absolute Gasteiger partial charge is 0.343 e. The third-order valence-electron chi connectivity index (χ3n) is 5.28. The van der Waals surface area contributed by atoms with Crippen molar-refractivity contribution in [3.8, 4) is 23.0 Å². The number of benzene rings is 3. The second-order valence-corrected chi connectivity index (χ2v) is 8.70. The molecular formula is C35H44O10. The van der Waals surface area contributed by atoms with Crippen molar-refractivity contribution in [3.05, 3.63) is 108 Å². The molecule has 0 bridgehead atoms. The van der Waals surface area contributed by atoms with Gasteiger partial charge in [0.2, 0.25) is 13.6 Å². The summed E-state index contributed by atoms with van der Waals surface area (Å²) in [5.41, 5.74) is 1.60. The molecule has 10 heteroatoms. The molecule has 0 radical (unpaired) electrons. The minimum atomic E-state index is -0.614. The van der Waals surface area contributed by atoms with Gasteiger partial charge in [-0.1, -0.05) is 42.9 Å². The van der Waals surface area contributed by atoms with E-state index in [4.69, 9.17) is 28.4 Å². The molecule has 0 aromatic heterocycles. The van der Waals surface area contributed by atoms with E-state index in [1.54, 1.807) is 25.1 Å². The predicted molar refractivity (Wildman–Crippen MR) is 174 cm³/mol. The van der Waals surface area contributed by atoms with E-state index in [0.29, 0.717) is 17.1 Å². The number of hydrogen-bond donors (Lipinski definition) is 0. The Balaban J connectivity index is 0. The Morgan fingerprint density at radius 1 is 0.578 bits per heavy atom. The highest BCUT2D eigenvalue weighted by Gasteiger charge is 2.15. The van der Waals surface area contributed by atoms with Crippen molar-refractivity contribution < 1.29 is 47.6 Å². The highest BCUT2D eigenvalue weighted by Crippen LogP contribution is 2.23. The van der Waals surface area contributed by atoms with Gasteiger partial charge in [-0.2, -0.15) is 0 Å². The first-order valence-corrected chi connectivity index (χ1v) is 12.2. The quantitative estimate of drug-likeness (QED) is 0.0850. The molecule has 0 atom stereocenters. The average Bonchev–Trinajstić information content (AvgIpc) is 2.94. The normalized spacial score (nSPS) is 9.22. The van der Waals surface area contributed by atoms with Crippen LogP contribution in [-0.2, 0) is 19.1 Å². The molecule has 0 saturated heterocycles. The maximum absolute atomic E-state index is 12.7. The molecule has 10 nitrogen and oxygen atoms in total. The fourth-order valence-corrected chi connectivity index (χ4v) is 3.10. The summed E-state index contributed by atoms with van der Waals surface area (Å²) in [5, 5.41) is 0. The molecule has 0 aliphatic rings. The second-order valence-electron chi connectivity index (χ2n) is 8.70. The van der Waals surface area contributed by atoms with Crippen molar-refractivity contribution in [2.45, 2.75) is 50.5 Å². The second kappa shape index (κ2) is 19.7. The molecule has 0 unspecified atom stereocenters. The lowest BCUT2D eigenvalue weighted by Gasteiger charge is -2.11. The van der Waals surface area contributed by atoms with Crippen LogP contribution in [0.1, 0.15) is 69.8 Å². The Kier molecular flexibility index (Phi) is 18.3. The molecule has 3 rings (SSSR count). The first kappa shape index (κ1) is 41.8. The minimum absolute atomic E-state index is 0. The summed E-state index contributed by atoms with van der Waals surface area (Å²) < 4.78 is 31.2. The zero-order chi connectivity index (χ0) is 29.9. The van der Waals surface area contributed by atoms with E-state index in [0.717, 1.165) is 0 Å². The molecule has 0 amide bonds. The van der Waals surface area contributed by atoms with E-state index in [9.17, 15) is 19.2 Å². The molecule has 0 aliphatic heterocycles. The number of esters is 4. The van der Waals surface area contributed by atoms with Crippen molar-refractivity contribution in [1.82, 2.24) is 0 Å². The Morgan fingerprint density at radius 2 is 0.978 bits per heavy atom. The van der Waals surface area contributed by atoms with E-state index in [1.807, 2.05) is 0 Å². The number of carbonyl (C=O) groups excluding carboxylic acids is 4. The van der Waals surface area contributed by atoms with Crippen molar-refractivity contribution >= 4 is 23.9 Å². The van der Waals surface area contributed by atoms with Crippen LogP contribution in [0.3, 0.4) is 0 Å². The highest BCUT2D eigenvalue weighted by molar-refractivity contribution is 5.94. The largest absolute Gasteiger partial charge is 0.457 e. The van der Waals surface area contributed by atoms with Crippen LogP contribution in [0.4, 0.5) is 0 Å². The zero-order valence-electron chi connectivity index (χ0n) is 22.8. The molecule has 45 heavy (non-hydrogen) atoms. The van der Waals surface area contributed by atoms with Gasteiger partial charge in [-0.05, 0) is 93.1 Å². The molecular weight excluding hydrogens is 580 g/mol. The lowest BCUT2D eigenvalue weighted by atomic mass is 10.1. The van der Waals surface area contributed by atoms with Gasteiger partial charge in [0.25, 0.3) is 0 Å². The van der Waals surface area contributed by atoms with Crippen molar-refractivity contribution in [1.29, 1.82) is 0 Å². The van der Waals surface area contributed by atoms with Crippen LogP contribution in [0, 0.1) is 6.92 Å². The van der Waals surface area contributed by atoms with Crippen LogP contribution in [0.25, 0.3) is 0 Å². The summed E-state index contributed by atoms with van der Waals surface area (Å²) in [4.78, 5) is 48.0. The Hall–Kier alpha value is -5.38. The van der Waals surface area contributed by atoms with E-state index in [-0.39, 0.29) is 77.1 Å². The SMILES string of the molecule is C.C.C.C.C=C(C)C(=O)OCOc1ccc(OC(=O)c2ccc(OC(=O)c3ccc(OCOC(=O)C(=C)C)cc3)cc2C)cc1. The lowest BCUT2D eigenvalue weighted by Crippen LogP contribution is -2.12. The standard InChI is InChI=1S/C31H28O10.4CH4/c1-19(2)28(32)38-17-36-23-8-6-22(7-9-23)30(34)41-26-14-15-27(21(5)16-26)31(35)40-25-12-10-24(11-13-25)37-18-39-29(33)20(3)4;;;;/h6-16H,1,3,17-18H2,2,4-5H3;4*1H4. The van der Waals surface area contributed by atoms with Crippen LogP contribution in [0.5, 0.6) is 23.0 Å². The van der Waals surface area contributed by atoms with Gasteiger partial charge in [0.15, 0.2) is 0 Å². The monoisotopic (exact) mass is 624 g/mol. The summed E-state index contributed by atoms with van der Waals surface area (Å²) in [7, 11) is 0. The minimum Gasteiger partial charge on any atom is -0.457 e. The van der Waals surface area contributed by atoms with Gasteiger partial charge >= 0.3 is 23.9 Å². The molecule has 0 spiro atoms. The number of rotatable bonds is 12. The maximum Gasteiger partial charge on any atom is 0.343 e. The molecule has 0 N–H and O–H groups in total. The summed E-state index contributed by atoms with van der Waals surface area (Å²) in [6.07, 6.45) is 0. The molecule has 0 saturated carbocycles. The molecule has 0 fully saturated rings.